The summed E-state index contributed by atoms with van der Waals surface area (Å²) in [4.78, 5) is 12.7. The minimum atomic E-state index is -0.556. The molecule has 0 N–H and O–H groups in total. The van der Waals surface area contributed by atoms with Gasteiger partial charge >= 0.3 is 0 Å². The van der Waals surface area contributed by atoms with Gasteiger partial charge in [-0.15, -0.1) is 0 Å². The zero-order valence-corrected chi connectivity index (χ0v) is 24.8. The van der Waals surface area contributed by atoms with Crippen molar-refractivity contribution >= 4 is 5.78 Å². The van der Waals surface area contributed by atoms with Crippen molar-refractivity contribution < 1.29 is 9.18 Å². The van der Waals surface area contributed by atoms with Gasteiger partial charge in [0.05, 0.1) is 5.41 Å². The SMILES string of the molecule is C/C=C\C(F)=C(/CC)C12CC1C1=CC=CCC=C1CC2=O.CC.CCC.CCCCc1ccc(C)cc1. The van der Waals surface area contributed by atoms with E-state index in [1.54, 1.807) is 13.0 Å². The van der Waals surface area contributed by atoms with Gasteiger partial charge < -0.3 is 0 Å². The van der Waals surface area contributed by atoms with Crippen molar-refractivity contribution in [3.8, 4) is 0 Å². The minimum absolute atomic E-state index is 0.179. The minimum Gasteiger partial charge on any atom is -0.298 e. The quantitative estimate of drug-likeness (QED) is 0.351. The average Bonchev–Trinajstić information content (AvgIpc) is 3.68. The van der Waals surface area contributed by atoms with E-state index in [1.807, 2.05) is 20.8 Å². The number of unbranched alkanes of at least 4 members (excludes halogenated alkanes) is 1. The molecule has 2 unspecified atom stereocenters. The van der Waals surface area contributed by atoms with Crippen molar-refractivity contribution in [3.05, 3.63) is 94.4 Å². The molecule has 1 aromatic carbocycles. The lowest BCUT2D eigenvalue weighted by atomic mass is 9.75. The Hall–Kier alpha value is -2.48. The maximum Gasteiger partial charge on any atom is 0.148 e. The van der Waals surface area contributed by atoms with Gasteiger partial charge in [-0.1, -0.05) is 115 Å². The van der Waals surface area contributed by atoms with E-state index in [-0.39, 0.29) is 17.5 Å². The number of carbonyl (C=O) groups excluding carboxylic acids is 1. The summed E-state index contributed by atoms with van der Waals surface area (Å²) in [6.45, 7) is 16.4. The number of hydrogen-bond donors (Lipinski definition) is 0. The van der Waals surface area contributed by atoms with Gasteiger partial charge in [-0.25, -0.2) is 4.39 Å². The van der Waals surface area contributed by atoms with Crippen molar-refractivity contribution in [1.29, 1.82) is 0 Å². The van der Waals surface area contributed by atoms with Gasteiger partial charge in [0.1, 0.15) is 11.6 Å². The molecule has 1 nitrogen and oxygen atoms in total. The molecule has 0 spiro atoms. The molecular formula is C35H51FO. The van der Waals surface area contributed by atoms with E-state index in [0.717, 1.165) is 18.4 Å². The second kappa shape index (κ2) is 17.1. The smallest absolute Gasteiger partial charge is 0.148 e. The van der Waals surface area contributed by atoms with Crippen LogP contribution in [0.15, 0.2) is 83.3 Å². The maximum absolute atomic E-state index is 14.4. The zero-order chi connectivity index (χ0) is 27.8. The van der Waals surface area contributed by atoms with Crippen LogP contribution in [0.4, 0.5) is 4.39 Å². The van der Waals surface area contributed by atoms with E-state index >= 15 is 0 Å². The predicted molar refractivity (Wildman–Crippen MR) is 160 cm³/mol. The molecule has 3 aliphatic rings. The van der Waals surface area contributed by atoms with E-state index in [0.29, 0.717) is 18.4 Å². The molecule has 0 saturated heterocycles. The lowest BCUT2D eigenvalue weighted by Gasteiger charge is -2.27. The van der Waals surface area contributed by atoms with Crippen LogP contribution in [0.2, 0.25) is 0 Å². The summed E-state index contributed by atoms with van der Waals surface area (Å²) in [5.41, 5.74) is 5.37. The van der Waals surface area contributed by atoms with E-state index in [1.165, 1.54) is 48.5 Å². The second-order valence-corrected chi connectivity index (χ2v) is 9.82. The van der Waals surface area contributed by atoms with Crippen molar-refractivity contribution in [1.82, 2.24) is 0 Å². The number of rotatable bonds is 6. The molecule has 0 aromatic heterocycles. The number of carbonyl (C=O) groups is 1. The number of ketones is 1. The molecule has 2 saturated carbocycles. The van der Waals surface area contributed by atoms with Crippen molar-refractivity contribution in [2.45, 2.75) is 107 Å². The van der Waals surface area contributed by atoms with E-state index in [9.17, 15) is 9.18 Å². The van der Waals surface area contributed by atoms with Crippen molar-refractivity contribution in [2.24, 2.45) is 11.3 Å². The Bertz CT molecular complexity index is 987. The van der Waals surface area contributed by atoms with Gasteiger partial charge in [0, 0.05) is 12.3 Å². The highest BCUT2D eigenvalue weighted by molar-refractivity contribution is 5.97. The molecule has 0 aliphatic heterocycles. The van der Waals surface area contributed by atoms with Crippen LogP contribution >= 0.6 is 0 Å². The number of allylic oxidation sites excluding steroid dienone is 10. The Morgan fingerprint density at radius 1 is 1.11 bits per heavy atom. The van der Waals surface area contributed by atoms with Crippen LogP contribution in [0.25, 0.3) is 0 Å². The third-order valence-corrected chi connectivity index (χ3v) is 6.90. The highest BCUT2D eigenvalue weighted by Crippen LogP contribution is 2.67. The second-order valence-electron chi connectivity index (χ2n) is 9.82. The average molecular weight is 507 g/mol. The lowest BCUT2D eigenvalue weighted by molar-refractivity contribution is -0.123. The third kappa shape index (κ3) is 8.80. The molecule has 37 heavy (non-hydrogen) atoms. The zero-order valence-electron chi connectivity index (χ0n) is 24.8. The Kier molecular flexibility index (Phi) is 15.0. The van der Waals surface area contributed by atoms with Gasteiger partial charge in [0.15, 0.2) is 0 Å². The first-order valence-electron chi connectivity index (χ1n) is 14.6. The predicted octanol–water partition coefficient (Wildman–Crippen LogP) is 10.8. The molecule has 0 amide bonds. The van der Waals surface area contributed by atoms with E-state index in [4.69, 9.17) is 0 Å². The molecule has 2 heteroatoms. The first kappa shape index (κ1) is 32.5. The molecule has 2 fully saturated rings. The molecule has 3 aliphatic carbocycles. The number of aryl methyl sites for hydroxylation is 2. The first-order valence-corrected chi connectivity index (χ1v) is 14.6. The van der Waals surface area contributed by atoms with Gasteiger partial charge in [0.2, 0.25) is 0 Å². The Morgan fingerprint density at radius 2 is 1.76 bits per heavy atom. The Labute approximate surface area is 227 Å². The molecular weight excluding hydrogens is 455 g/mol. The van der Waals surface area contributed by atoms with E-state index in [2.05, 4.69) is 76.3 Å². The fourth-order valence-electron chi connectivity index (χ4n) is 5.06. The highest BCUT2D eigenvalue weighted by atomic mass is 19.1. The van der Waals surface area contributed by atoms with Crippen LogP contribution in [0, 0.1) is 18.3 Å². The van der Waals surface area contributed by atoms with Crippen molar-refractivity contribution in [2.75, 3.05) is 0 Å². The van der Waals surface area contributed by atoms with Crippen LogP contribution in [0.1, 0.15) is 105 Å². The highest BCUT2D eigenvalue weighted by Gasteiger charge is 2.65. The van der Waals surface area contributed by atoms with Gasteiger partial charge in [-0.3, -0.25) is 4.79 Å². The van der Waals surface area contributed by atoms with Crippen LogP contribution in [0.5, 0.6) is 0 Å². The summed E-state index contributed by atoms with van der Waals surface area (Å²) in [5, 5.41) is 0. The lowest BCUT2D eigenvalue weighted by Crippen LogP contribution is -2.27. The molecule has 0 heterocycles. The van der Waals surface area contributed by atoms with Crippen LogP contribution in [-0.2, 0) is 11.2 Å². The third-order valence-electron chi connectivity index (χ3n) is 6.90. The topological polar surface area (TPSA) is 17.1 Å². The monoisotopic (exact) mass is 506 g/mol. The maximum atomic E-state index is 14.4. The first-order chi connectivity index (χ1) is 17.9. The number of halogens is 1. The molecule has 4 rings (SSSR count). The molecule has 0 bridgehead atoms. The summed E-state index contributed by atoms with van der Waals surface area (Å²) in [7, 11) is 0. The fourth-order valence-corrected chi connectivity index (χ4v) is 5.06. The standard InChI is InChI=1S/C19H21FO.C11H16.C3H8.C2H6/c1-3-8-17(20)15(4-2)19-12-16(19)14-10-7-5-6-9-13(14)11-18(19)21;1-3-4-5-11-8-6-10(2)7-9-11;1-3-2;1-2/h3,5,7-10,16H,4,6,11-12H2,1-2H3;6-9H,3-5H2,1-2H3;3H2,1-2H3;1-2H3/b8-3-,17-15-;;;. The molecule has 1 aromatic rings. The number of benzene rings is 1. The Morgan fingerprint density at radius 3 is 2.32 bits per heavy atom. The normalized spacial score (nSPS) is 21.8. The van der Waals surface area contributed by atoms with Crippen LogP contribution in [-0.4, -0.2) is 5.78 Å². The van der Waals surface area contributed by atoms with Gasteiger partial charge in [0.25, 0.3) is 0 Å². The Balaban J connectivity index is 0.000000360. The number of fused-ring (bicyclic) bond motifs is 3. The summed E-state index contributed by atoms with van der Waals surface area (Å²) in [6.07, 6.45) is 19.4. The largest absolute Gasteiger partial charge is 0.298 e. The number of hydrogen-bond acceptors (Lipinski definition) is 1. The van der Waals surface area contributed by atoms with Crippen molar-refractivity contribution in [3.63, 3.8) is 0 Å². The van der Waals surface area contributed by atoms with Gasteiger partial charge in [-0.05, 0) is 74.3 Å². The van der Waals surface area contributed by atoms with E-state index < -0.39 is 5.41 Å². The summed E-state index contributed by atoms with van der Waals surface area (Å²) in [6, 6.07) is 8.83. The number of Topliss-reactive ketones (excluding diaryl/α,β-unsaturated/α-hetero) is 1. The molecule has 204 valence electrons. The summed E-state index contributed by atoms with van der Waals surface area (Å²) >= 11 is 0. The fraction of sp³-hybridized carbons (Fsp3) is 0.514. The molecule has 0 radical (unpaired) electrons. The summed E-state index contributed by atoms with van der Waals surface area (Å²) < 4.78 is 14.4. The molecule has 2 atom stereocenters. The van der Waals surface area contributed by atoms with Gasteiger partial charge in [-0.2, -0.15) is 0 Å². The van der Waals surface area contributed by atoms with Crippen LogP contribution in [0.3, 0.4) is 0 Å². The summed E-state index contributed by atoms with van der Waals surface area (Å²) in [5.74, 6) is 0.168. The van der Waals surface area contributed by atoms with Crippen LogP contribution < -0.4 is 0 Å².